The van der Waals surface area contributed by atoms with Crippen molar-refractivity contribution in [2.45, 2.75) is 31.5 Å². The quantitative estimate of drug-likeness (QED) is 0.917. The summed E-state index contributed by atoms with van der Waals surface area (Å²) in [5.74, 6) is -1.74. The summed E-state index contributed by atoms with van der Waals surface area (Å²) in [5.41, 5.74) is 0.250. The molecule has 1 N–H and O–H groups in total. The number of morpholine rings is 1. The van der Waals surface area contributed by atoms with Gasteiger partial charge in [-0.15, -0.1) is 0 Å². The first-order valence-electron chi connectivity index (χ1n) is 8.20. The lowest BCUT2D eigenvalue weighted by atomic mass is 9.99. The zero-order valence-corrected chi connectivity index (χ0v) is 13.7. The Hall–Kier alpha value is -1.73. The van der Waals surface area contributed by atoms with Crippen LogP contribution in [0, 0.1) is 11.6 Å². The van der Waals surface area contributed by atoms with Crippen molar-refractivity contribution in [2.75, 3.05) is 32.8 Å². The highest BCUT2D eigenvalue weighted by atomic mass is 19.2. The minimum atomic E-state index is -0.871. The summed E-state index contributed by atoms with van der Waals surface area (Å²) in [7, 11) is 0. The highest BCUT2D eigenvalue weighted by Crippen LogP contribution is 2.29. The number of urea groups is 1. The Morgan fingerprint density at radius 2 is 2.25 bits per heavy atom. The minimum absolute atomic E-state index is 0.0441. The molecule has 0 aromatic heterocycles. The summed E-state index contributed by atoms with van der Waals surface area (Å²) >= 11 is 0. The second-order valence-corrected chi connectivity index (χ2v) is 6.52. The van der Waals surface area contributed by atoms with Crippen LogP contribution in [-0.2, 0) is 15.9 Å². The van der Waals surface area contributed by atoms with Crippen molar-refractivity contribution >= 4 is 6.03 Å². The smallest absolute Gasteiger partial charge is 0.317 e. The molecule has 1 spiro atoms. The van der Waals surface area contributed by atoms with Crippen molar-refractivity contribution in [2.24, 2.45) is 0 Å². The van der Waals surface area contributed by atoms with Crippen LogP contribution in [-0.4, -0.2) is 55.5 Å². The number of nitrogens with zero attached hydrogens (tertiary/aromatic N) is 1. The van der Waals surface area contributed by atoms with Gasteiger partial charge in [0.05, 0.1) is 19.3 Å². The highest BCUT2D eigenvalue weighted by molar-refractivity contribution is 5.74. The molecule has 0 unspecified atom stereocenters. The van der Waals surface area contributed by atoms with E-state index < -0.39 is 17.2 Å². The second kappa shape index (κ2) is 7.03. The number of nitrogens with one attached hydrogen (secondary N) is 1. The molecule has 5 nitrogen and oxygen atoms in total. The number of rotatable bonds is 3. The Bertz CT molecular complexity index is 605. The third-order valence-corrected chi connectivity index (χ3v) is 4.44. The molecule has 2 fully saturated rings. The molecule has 2 aliphatic heterocycles. The molecule has 7 heteroatoms. The molecule has 0 saturated carbocycles. The average Bonchev–Trinajstić information content (AvgIpc) is 2.97. The number of carbonyl (C=O) groups excluding carboxylic acids is 1. The van der Waals surface area contributed by atoms with E-state index >= 15 is 0 Å². The molecule has 2 heterocycles. The van der Waals surface area contributed by atoms with Crippen LogP contribution in [0.1, 0.15) is 18.9 Å². The number of carbonyl (C=O) groups is 1. The third kappa shape index (κ3) is 3.84. The van der Waals surface area contributed by atoms with E-state index in [4.69, 9.17) is 9.47 Å². The van der Waals surface area contributed by atoms with E-state index in [0.29, 0.717) is 44.8 Å². The third-order valence-electron chi connectivity index (χ3n) is 4.44. The van der Waals surface area contributed by atoms with E-state index in [9.17, 15) is 13.6 Å². The topological polar surface area (TPSA) is 50.8 Å². The Kier molecular flexibility index (Phi) is 5.01. The van der Waals surface area contributed by atoms with Gasteiger partial charge in [0.25, 0.3) is 0 Å². The lowest BCUT2D eigenvalue weighted by molar-refractivity contribution is -0.137. The van der Waals surface area contributed by atoms with Crippen LogP contribution in [0.2, 0.25) is 0 Å². The maximum absolute atomic E-state index is 13.2. The summed E-state index contributed by atoms with van der Waals surface area (Å²) < 4.78 is 37.5. The van der Waals surface area contributed by atoms with E-state index in [2.05, 4.69) is 5.32 Å². The lowest BCUT2D eigenvalue weighted by Gasteiger charge is -2.42. The van der Waals surface area contributed by atoms with Crippen LogP contribution in [0.15, 0.2) is 18.2 Å². The summed E-state index contributed by atoms with van der Waals surface area (Å²) in [5, 5.41) is 2.84. The predicted molar refractivity (Wildman–Crippen MR) is 83.7 cm³/mol. The maximum atomic E-state index is 13.2. The largest absolute Gasteiger partial charge is 0.378 e. The van der Waals surface area contributed by atoms with Crippen molar-refractivity contribution in [3.63, 3.8) is 0 Å². The SMILES string of the molecule is C[C@H]1CN(C(=O)NCCc2ccc(F)c(F)c2)C[C@@]2(CCOC2)O1. The number of hydrogen-bond donors (Lipinski definition) is 1. The molecule has 2 aliphatic rings. The zero-order valence-electron chi connectivity index (χ0n) is 13.7. The van der Waals surface area contributed by atoms with Gasteiger partial charge in [-0.1, -0.05) is 6.07 Å². The molecule has 0 radical (unpaired) electrons. The van der Waals surface area contributed by atoms with Gasteiger partial charge in [0.15, 0.2) is 11.6 Å². The number of benzene rings is 1. The number of ether oxygens (including phenoxy) is 2. The Balaban J connectivity index is 1.51. The molecular weight excluding hydrogens is 318 g/mol. The molecule has 1 aromatic rings. The fraction of sp³-hybridized carbons (Fsp3) is 0.588. The van der Waals surface area contributed by atoms with Gasteiger partial charge in [-0.2, -0.15) is 0 Å². The first-order chi connectivity index (χ1) is 11.5. The molecule has 2 atom stereocenters. The van der Waals surface area contributed by atoms with E-state index in [1.165, 1.54) is 6.07 Å². The van der Waals surface area contributed by atoms with Gasteiger partial charge in [-0.3, -0.25) is 0 Å². The Morgan fingerprint density at radius 3 is 2.96 bits per heavy atom. The average molecular weight is 340 g/mol. The Labute approximate surface area is 139 Å². The normalized spacial score (nSPS) is 26.8. The van der Waals surface area contributed by atoms with Gasteiger partial charge in [-0.05, 0) is 31.0 Å². The van der Waals surface area contributed by atoms with Crippen LogP contribution in [0.3, 0.4) is 0 Å². The van der Waals surface area contributed by atoms with E-state index in [1.807, 2.05) is 6.92 Å². The van der Waals surface area contributed by atoms with Gasteiger partial charge >= 0.3 is 6.03 Å². The van der Waals surface area contributed by atoms with Crippen LogP contribution in [0.5, 0.6) is 0 Å². The molecular formula is C17H22F2N2O3. The van der Waals surface area contributed by atoms with E-state index in [1.54, 1.807) is 4.90 Å². The molecule has 132 valence electrons. The van der Waals surface area contributed by atoms with Crippen molar-refractivity contribution in [1.29, 1.82) is 0 Å². The lowest BCUT2D eigenvalue weighted by Crippen LogP contribution is -2.59. The number of amides is 2. The second-order valence-electron chi connectivity index (χ2n) is 6.52. The first kappa shape index (κ1) is 17.1. The maximum Gasteiger partial charge on any atom is 0.317 e. The van der Waals surface area contributed by atoms with Crippen LogP contribution in [0.25, 0.3) is 0 Å². The molecule has 2 amide bonds. The molecule has 0 aliphatic carbocycles. The van der Waals surface area contributed by atoms with Crippen molar-refractivity contribution in [1.82, 2.24) is 10.2 Å². The van der Waals surface area contributed by atoms with Crippen molar-refractivity contribution in [3.8, 4) is 0 Å². The zero-order chi connectivity index (χ0) is 17.2. The van der Waals surface area contributed by atoms with Gasteiger partial charge in [0.1, 0.15) is 5.60 Å². The molecule has 3 rings (SSSR count). The predicted octanol–water partition coefficient (Wildman–Crippen LogP) is 2.10. The van der Waals surface area contributed by atoms with Crippen molar-refractivity contribution < 1.29 is 23.0 Å². The number of halogens is 2. The molecule has 24 heavy (non-hydrogen) atoms. The summed E-state index contributed by atoms with van der Waals surface area (Å²) in [6.07, 6.45) is 1.19. The van der Waals surface area contributed by atoms with Gasteiger partial charge in [0, 0.05) is 26.1 Å². The summed E-state index contributed by atoms with van der Waals surface area (Å²) in [6, 6.07) is 3.61. The highest BCUT2D eigenvalue weighted by Gasteiger charge is 2.43. The molecule has 0 bridgehead atoms. The van der Waals surface area contributed by atoms with Gasteiger partial charge in [0.2, 0.25) is 0 Å². The van der Waals surface area contributed by atoms with Crippen LogP contribution >= 0.6 is 0 Å². The fourth-order valence-corrected chi connectivity index (χ4v) is 3.31. The molecule has 2 saturated heterocycles. The fourth-order valence-electron chi connectivity index (χ4n) is 3.31. The molecule has 1 aromatic carbocycles. The number of hydrogen-bond acceptors (Lipinski definition) is 3. The van der Waals surface area contributed by atoms with Crippen molar-refractivity contribution in [3.05, 3.63) is 35.4 Å². The first-order valence-corrected chi connectivity index (χ1v) is 8.20. The van der Waals surface area contributed by atoms with Gasteiger partial charge < -0.3 is 19.7 Å². The van der Waals surface area contributed by atoms with E-state index in [0.717, 1.165) is 18.6 Å². The van der Waals surface area contributed by atoms with Crippen LogP contribution < -0.4 is 5.32 Å². The van der Waals surface area contributed by atoms with Crippen LogP contribution in [0.4, 0.5) is 13.6 Å². The summed E-state index contributed by atoms with van der Waals surface area (Å²) in [6.45, 7) is 4.50. The Morgan fingerprint density at radius 1 is 1.42 bits per heavy atom. The monoisotopic (exact) mass is 340 g/mol. The standard InChI is InChI=1S/C17H22F2N2O3/c1-12-9-21(10-17(24-12)5-7-23-11-17)16(22)20-6-4-13-2-3-14(18)15(19)8-13/h2-3,8,12H,4-7,9-11H2,1H3,(H,20,22)/t12-,17+/m0/s1. The van der Waals surface area contributed by atoms with Gasteiger partial charge in [-0.25, -0.2) is 13.6 Å². The summed E-state index contributed by atoms with van der Waals surface area (Å²) in [4.78, 5) is 14.1. The minimum Gasteiger partial charge on any atom is -0.378 e. The van der Waals surface area contributed by atoms with E-state index in [-0.39, 0.29) is 12.1 Å².